The van der Waals surface area contributed by atoms with Crippen LogP contribution in [0.2, 0.25) is 0 Å². The lowest BCUT2D eigenvalue weighted by Crippen LogP contribution is -2.46. The van der Waals surface area contributed by atoms with Crippen molar-refractivity contribution < 1.29 is 4.79 Å². The van der Waals surface area contributed by atoms with E-state index in [4.69, 9.17) is 5.73 Å². The maximum Gasteiger partial charge on any atom is 0.217 e. The number of piperidine rings is 2. The standard InChI is InChI=1S/C9H18N2O.C7H16N2.ClH/c1-3-11-6-4-5-9(7-11)10-8(2)12;1-2-9-5-3-4-7(8)6-9;/h9H,3-7H2,1-2H3,(H,10,12);7H,2-6,8H2,1H3;1H/t9-;7-;/m00./s1. The molecule has 2 fully saturated rings. The first-order chi connectivity index (χ1) is 10.0. The number of amides is 1. The van der Waals surface area contributed by atoms with Crippen LogP contribution in [-0.4, -0.2) is 67.1 Å². The Morgan fingerprint density at radius 3 is 2.09 bits per heavy atom. The third-order valence-electron chi connectivity index (χ3n) is 4.35. The van der Waals surface area contributed by atoms with E-state index in [9.17, 15) is 4.79 Å². The van der Waals surface area contributed by atoms with E-state index in [0.29, 0.717) is 12.1 Å². The summed E-state index contributed by atoms with van der Waals surface area (Å²) in [5.41, 5.74) is 5.76. The van der Waals surface area contributed by atoms with Gasteiger partial charge in [-0.2, -0.15) is 0 Å². The smallest absolute Gasteiger partial charge is 0.217 e. The largest absolute Gasteiger partial charge is 0.352 e. The van der Waals surface area contributed by atoms with E-state index in [0.717, 1.165) is 32.6 Å². The van der Waals surface area contributed by atoms with E-state index < -0.39 is 0 Å². The lowest BCUT2D eigenvalue weighted by Gasteiger charge is -2.31. The number of carbonyl (C=O) groups excluding carboxylic acids is 1. The number of nitrogens with two attached hydrogens (primary N) is 1. The van der Waals surface area contributed by atoms with Crippen molar-refractivity contribution >= 4 is 18.3 Å². The quantitative estimate of drug-likeness (QED) is 0.820. The Morgan fingerprint density at radius 1 is 1.09 bits per heavy atom. The summed E-state index contributed by atoms with van der Waals surface area (Å²) >= 11 is 0. The van der Waals surface area contributed by atoms with Crippen LogP contribution < -0.4 is 11.1 Å². The minimum atomic E-state index is 0. The molecule has 2 rings (SSSR count). The van der Waals surface area contributed by atoms with Gasteiger partial charge in [-0.1, -0.05) is 13.8 Å². The van der Waals surface area contributed by atoms with E-state index in [2.05, 4.69) is 29.0 Å². The van der Waals surface area contributed by atoms with Gasteiger partial charge in [0, 0.05) is 32.1 Å². The van der Waals surface area contributed by atoms with Gasteiger partial charge in [-0.3, -0.25) is 4.79 Å². The molecule has 0 aromatic heterocycles. The van der Waals surface area contributed by atoms with Crippen LogP contribution in [0, 0.1) is 0 Å². The van der Waals surface area contributed by atoms with E-state index >= 15 is 0 Å². The first-order valence-electron chi connectivity index (χ1n) is 8.52. The molecule has 0 aliphatic carbocycles. The topological polar surface area (TPSA) is 61.6 Å². The Labute approximate surface area is 142 Å². The highest BCUT2D eigenvalue weighted by Gasteiger charge is 2.18. The molecule has 2 atom stereocenters. The van der Waals surface area contributed by atoms with Gasteiger partial charge in [0.1, 0.15) is 0 Å². The fourth-order valence-corrected chi connectivity index (χ4v) is 3.13. The van der Waals surface area contributed by atoms with E-state index in [1.165, 1.54) is 32.4 Å². The molecule has 0 saturated carbocycles. The summed E-state index contributed by atoms with van der Waals surface area (Å²) in [5, 5.41) is 2.97. The summed E-state index contributed by atoms with van der Waals surface area (Å²) in [5.74, 6) is 0.0953. The van der Waals surface area contributed by atoms with Crippen molar-refractivity contribution in [2.24, 2.45) is 5.73 Å². The SMILES string of the molecule is CCN1CCC[C@H](N)C1.CCN1CCC[C@H](NC(C)=O)C1.Cl. The van der Waals surface area contributed by atoms with Crippen LogP contribution in [0.4, 0.5) is 0 Å². The normalized spacial score (nSPS) is 26.4. The van der Waals surface area contributed by atoms with Crippen LogP contribution >= 0.6 is 12.4 Å². The molecular weight excluding hydrogens is 300 g/mol. The first-order valence-corrected chi connectivity index (χ1v) is 8.52. The molecule has 2 saturated heterocycles. The van der Waals surface area contributed by atoms with E-state index in [1.807, 2.05) is 0 Å². The Balaban J connectivity index is 0.000000397. The van der Waals surface area contributed by atoms with Crippen molar-refractivity contribution in [2.45, 2.75) is 58.5 Å². The number of likely N-dealkylation sites (N-methyl/N-ethyl adjacent to an activating group) is 2. The van der Waals surface area contributed by atoms with Gasteiger partial charge in [0.25, 0.3) is 0 Å². The van der Waals surface area contributed by atoms with Crippen LogP contribution in [0.25, 0.3) is 0 Å². The minimum absolute atomic E-state index is 0. The Kier molecular flexibility index (Phi) is 11.9. The predicted molar refractivity (Wildman–Crippen MR) is 95.5 cm³/mol. The van der Waals surface area contributed by atoms with Gasteiger partial charge in [0.05, 0.1) is 0 Å². The summed E-state index contributed by atoms with van der Waals surface area (Å²) in [7, 11) is 0. The number of nitrogens with one attached hydrogen (secondary N) is 1. The van der Waals surface area contributed by atoms with E-state index in [1.54, 1.807) is 6.92 Å². The zero-order valence-electron chi connectivity index (χ0n) is 14.5. The van der Waals surface area contributed by atoms with Crippen molar-refractivity contribution in [3.8, 4) is 0 Å². The van der Waals surface area contributed by atoms with Crippen LogP contribution in [0.1, 0.15) is 46.5 Å². The molecule has 2 heterocycles. The zero-order chi connectivity index (χ0) is 15.7. The number of nitrogens with zero attached hydrogens (tertiary/aromatic N) is 2. The van der Waals surface area contributed by atoms with Crippen molar-refractivity contribution in [3.05, 3.63) is 0 Å². The second-order valence-electron chi connectivity index (χ2n) is 6.23. The molecular formula is C16H35ClN4O. The van der Waals surface area contributed by atoms with Crippen LogP contribution in [0.5, 0.6) is 0 Å². The molecule has 0 bridgehead atoms. The molecule has 0 unspecified atom stereocenters. The van der Waals surface area contributed by atoms with Gasteiger partial charge >= 0.3 is 0 Å². The monoisotopic (exact) mass is 334 g/mol. The molecule has 132 valence electrons. The van der Waals surface area contributed by atoms with Crippen LogP contribution in [0.15, 0.2) is 0 Å². The highest BCUT2D eigenvalue weighted by molar-refractivity contribution is 5.85. The maximum atomic E-state index is 10.8. The van der Waals surface area contributed by atoms with E-state index in [-0.39, 0.29) is 18.3 Å². The molecule has 6 heteroatoms. The van der Waals surface area contributed by atoms with Crippen molar-refractivity contribution in [2.75, 3.05) is 39.3 Å². The van der Waals surface area contributed by atoms with Gasteiger partial charge in [-0.25, -0.2) is 0 Å². The molecule has 0 aromatic carbocycles. The van der Waals surface area contributed by atoms with Crippen molar-refractivity contribution in [1.82, 2.24) is 15.1 Å². The summed E-state index contributed by atoms with van der Waals surface area (Å²) < 4.78 is 0. The highest BCUT2D eigenvalue weighted by Crippen LogP contribution is 2.09. The fourth-order valence-electron chi connectivity index (χ4n) is 3.13. The average molecular weight is 335 g/mol. The number of rotatable bonds is 3. The van der Waals surface area contributed by atoms with Crippen LogP contribution in [-0.2, 0) is 4.79 Å². The Morgan fingerprint density at radius 2 is 1.64 bits per heavy atom. The fraction of sp³-hybridized carbons (Fsp3) is 0.938. The molecule has 0 aromatic rings. The minimum Gasteiger partial charge on any atom is -0.352 e. The van der Waals surface area contributed by atoms with Gasteiger partial charge in [0.2, 0.25) is 5.91 Å². The Hall–Kier alpha value is -0.360. The lowest BCUT2D eigenvalue weighted by molar-refractivity contribution is -0.120. The number of halogens is 1. The van der Waals surface area contributed by atoms with Crippen molar-refractivity contribution in [1.29, 1.82) is 0 Å². The number of carbonyl (C=O) groups is 1. The molecule has 5 nitrogen and oxygen atoms in total. The summed E-state index contributed by atoms with van der Waals surface area (Å²) in [6, 6.07) is 0.829. The summed E-state index contributed by atoms with van der Waals surface area (Å²) in [6.45, 7) is 12.8. The third kappa shape index (κ3) is 8.93. The van der Waals surface area contributed by atoms with Crippen LogP contribution in [0.3, 0.4) is 0 Å². The van der Waals surface area contributed by atoms with Gasteiger partial charge in [0.15, 0.2) is 0 Å². The first kappa shape index (κ1) is 21.6. The molecule has 22 heavy (non-hydrogen) atoms. The number of likely N-dealkylation sites (tertiary alicyclic amines) is 2. The molecule has 0 spiro atoms. The summed E-state index contributed by atoms with van der Waals surface area (Å²) in [4.78, 5) is 15.6. The molecule has 2 aliphatic heterocycles. The van der Waals surface area contributed by atoms with Gasteiger partial charge in [-0.15, -0.1) is 12.4 Å². The second kappa shape index (κ2) is 12.1. The average Bonchev–Trinajstić information content (AvgIpc) is 2.47. The highest BCUT2D eigenvalue weighted by atomic mass is 35.5. The Bertz CT molecular complexity index is 304. The molecule has 1 amide bonds. The molecule has 2 aliphatic rings. The third-order valence-corrected chi connectivity index (χ3v) is 4.35. The summed E-state index contributed by atoms with van der Waals surface area (Å²) in [6.07, 6.45) is 4.85. The maximum absolute atomic E-state index is 10.8. The second-order valence-corrected chi connectivity index (χ2v) is 6.23. The van der Waals surface area contributed by atoms with Gasteiger partial charge in [-0.05, 0) is 51.9 Å². The lowest BCUT2D eigenvalue weighted by atomic mass is 10.1. The number of hydrogen-bond donors (Lipinski definition) is 2. The van der Waals surface area contributed by atoms with Gasteiger partial charge < -0.3 is 20.9 Å². The predicted octanol–water partition coefficient (Wildman–Crippen LogP) is 1.46. The molecule has 3 N–H and O–H groups in total. The zero-order valence-corrected chi connectivity index (χ0v) is 15.3. The molecule has 0 radical (unpaired) electrons. The number of hydrogen-bond acceptors (Lipinski definition) is 4. The van der Waals surface area contributed by atoms with Crippen molar-refractivity contribution in [3.63, 3.8) is 0 Å².